The molecule has 1 aliphatic rings. The topological polar surface area (TPSA) is 31.4 Å². The first-order chi connectivity index (χ1) is 10.7. The summed E-state index contributed by atoms with van der Waals surface area (Å²) in [6.45, 7) is 6.71. The second-order valence-corrected chi connectivity index (χ2v) is 6.12. The minimum atomic E-state index is 0.720. The van der Waals surface area contributed by atoms with Crippen molar-refractivity contribution < 1.29 is 0 Å². The predicted molar refractivity (Wildman–Crippen MR) is 96.8 cm³/mol. The fraction of sp³-hybridized carbons (Fsp3) is 0.375. The molecule has 0 unspecified atom stereocenters. The number of thiocarbonyl (C=S) groups is 1. The highest BCUT2D eigenvalue weighted by atomic mass is 35.5. The summed E-state index contributed by atoms with van der Waals surface area (Å²) >= 11 is 11.5. The zero-order chi connectivity index (χ0) is 15.5. The number of nitrogens with one attached hydrogen (secondary N) is 1. The molecule has 1 aliphatic heterocycles. The van der Waals surface area contributed by atoms with Gasteiger partial charge in [0.2, 0.25) is 0 Å². The van der Waals surface area contributed by atoms with Crippen molar-refractivity contribution >= 4 is 45.5 Å². The monoisotopic (exact) mass is 334 g/mol. The summed E-state index contributed by atoms with van der Waals surface area (Å²) in [5.74, 6) is 0. The zero-order valence-corrected chi connectivity index (χ0v) is 14.1. The predicted octanol–water partition coefficient (Wildman–Crippen LogP) is 2.90. The van der Waals surface area contributed by atoms with Gasteiger partial charge in [0.25, 0.3) is 0 Å². The average Bonchev–Trinajstić information content (AvgIpc) is 2.54. The van der Waals surface area contributed by atoms with E-state index in [1.54, 1.807) is 0 Å². The van der Waals surface area contributed by atoms with Gasteiger partial charge in [0.15, 0.2) is 5.11 Å². The van der Waals surface area contributed by atoms with E-state index >= 15 is 0 Å². The van der Waals surface area contributed by atoms with Gasteiger partial charge in [-0.25, -0.2) is 0 Å². The first-order valence-electron chi connectivity index (χ1n) is 7.51. The Hall–Kier alpha value is -1.59. The molecule has 1 N–H and O–H groups in total. The normalized spacial score (nSPS) is 15.2. The van der Waals surface area contributed by atoms with E-state index < -0.39 is 0 Å². The molecule has 0 bridgehead atoms. The van der Waals surface area contributed by atoms with E-state index in [2.05, 4.69) is 39.2 Å². The van der Waals surface area contributed by atoms with E-state index in [1.165, 1.54) is 5.69 Å². The van der Waals surface area contributed by atoms with Crippen LogP contribution in [0.25, 0.3) is 10.9 Å². The Balaban J connectivity index is 1.78. The highest BCUT2D eigenvalue weighted by molar-refractivity contribution is 7.80. The van der Waals surface area contributed by atoms with E-state index in [0.717, 1.165) is 53.8 Å². The molecular weight excluding hydrogens is 316 g/mol. The molecule has 0 radical (unpaired) electrons. The van der Waals surface area contributed by atoms with Crippen LogP contribution >= 0.6 is 23.8 Å². The fourth-order valence-corrected chi connectivity index (χ4v) is 3.29. The molecule has 6 heteroatoms. The summed E-state index contributed by atoms with van der Waals surface area (Å²) in [5.41, 5.74) is 2.16. The summed E-state index contributed by atoms with van der Waals surface area (Å²) in [5, 5.41) is 5.94. The van der Waals surface area contributed by atoms with Gasteiger partial charge in [0.1, 0.15) is 0 Å². The van der Waals surface area contributed by atoms with Gasteiger partial charge in [-0.3, -0.25) is 4.98 Å². The highest BCUT2D eigenvalue weighted by Crippen LogP contribution is 2.28. The zero-order valence-electron chi connectivity index (χ0n) is 12.6. The molecule has 116 valence electrons. The summed E-state index contributed by atoms with van der Waals surface area (Å²) < 4.78 is 0. The van der Waals surface area contributed by atoms with E-state index in [-0.39, 0.29) is 0 Å². The smallest absolute Gasteiger partial charge is 0.169 e. The van der Waals surface area contributed by atoms with Gasteiger partial charge < -0.3 is 15.1 Å². The van der Waals surface area contributed by atoms with Crippen LogP contribution in [-0.2, 0) is 0 Å². The molecule has 0 spiro atoms. The minimum absolute atomic E-state index is 0.720. The van der Waals surface area contributed by atoms with E-state index in [0.29, 0.717) is 0 Å². The van der Waals surface area contributed by atoms with Gasteiger partial charge in [-0.05, 0) is 43.4 Å². The molecule has 2 heterocycles. The Kier molecular flexibility index (Phi) is 4.64. The number of aromatic nitrogens is 1. The van der Waals surface area contributed by atoms with E-state index in [9.17, 15) is 0 Å². The van der Waals surface area contributed by atoms with Gasteiger partial charge in [0, 0.05) is 55.0 Å². The maximum absolute atomic E-state index is 6.06. The van der Waals surface area contributed by atoms with Crippen molar-refractivity contribution in [2.24, 2.45) is 0 Å². The third-order valence-electron chi connectivity index (χ3n) is 3.92. The molecule has 1 saturated heterocycles. The Morgan fingerprint density at radius 2 is 2.05 bits per heavy atom. The average molecular weight is 335 g/mol. The summed E-state index contributed by atoms with van der Waals surface area (Å²) in [4.78, 5) is 9.04. The van der Waals surface area contributed by atoms with Gasteiger partial charge in [0.05, 0.1) is 5.52 Å². The molecule has 0 saturated carbocycles. The van der Waals surface area contributed by atoms with Crippen molar-refractivity contribution in [3.05, 3.63) is 35.5 Å². The third-order valence-corrected chi connectivity index (χ3v) is 4.55. The standard InChI is InChI=1S/C16H19ClN4S/c1-2-18-16(22)21-9-7-20(8-10-21)15-5-6-19-14-11-12(17)3-4-13(14)15/h3-6,11H,2,7-10H2,1H3,(H,18,22). The van der Waals surface area contributed by atoms with Crippen LogP contribution < -0.4 is 10.2 Å². The number of piperazine rings is 1. The maximum atomic E-state index is 6.06. The molecular formula is C16H19ClN4S. The summed E-state index contributed by atoms with van der Waals surface area (Å²) in [6.07, 6.45) is 1.85. The number of anilines is 1. The van der Waals surface area contributed by atoms with Gasteiger partial charge >= 0.3 is 0 Å². The number of pyridine rings is 1. The van der Waals surface area contributed by atoms with Crippen LogP contribution in [0.1, 0.15) is 6.92 Å². The van der Waals surface area contributed by atoms with Crippen LogP contribution in [0, 0.1) is 0 Å². The minimum Gasteiger partial charge on any atom is -0.367 e. The quantitative estimate of drug-likeness (QED) is 0.854. The SMILES string of the molecule is CCNC(=S)N1CCN(c2ccnc3cc(Cl)ccc23)CC1. The first kappa shape index (κ1) is 15.3. The largest absolute Gasteiger partial charge is 0.367 e. The molecule has 1 fully saturated rings. The highest BCUT2D eigenvalue weighted by Gasteiger charge is 2.20. The second-order valence-electron chi connectivity index (χ2n) is 5.30. The molecule has 1 aromatic carbocycles. The van der Waals surface area contributed by atoms with Crippen LogP contribution in [-0.4, -0.2) is 47.7 Å². The summed E-state index contributed by atoms with van der Waals surface area (Å²) in [7, 11) is 0. The molecule has 1 aromatic heterocycles. The molecule has 0 amide bonds. The fourth-order valence-electron chi connectivity index (χ4n) is 2.80. The number of nitrogens with zero attached hydrogens (tertiary/aromatic N) is 3. The number of hydrogen-bond acceptors (Lipinski definition) is 3. The molecule has 4 nitrogen and oxygen atoms in total. The van der Waals surface area contributed by atoms with Crippen molar-refractivity contribution in [1.29, 1.82) is 0 Å². The Morgan fingerprint density at radius 1 is 1.27 bits per heavy atom. The second kappa shape index (κ2) is 6.67. The number of rotatable bonds is 2. The maximum Gasteiger partial charge on any atom is 0.169 e. The van der Waals surface area contributed by atoms with Crippen molar-refractivity contribution in [3.63, 3.8) is 0 Å². The lowest BCUT2D eigenvalue weighted by Crippen LogP contribution is -2.51. The van der Waals surface area contributed by atoms with Crippen LogP contribution in [0.4, 0.5) is 5.69 Å². The Morgan fingerprint density at radius 3 is 2.77 bits per heavy atom. The van der Waals surface area contributed by atoms with Crippen molar-refractivity contribution in [2.75, 3.05) is 37.6 Å². The van der Waals surface area contributed by atoms with Crippen molar-refractivity contribution in [2.45, 2.75) is 6.92 Å². The molecule has 0 aliphatic carbocycles. The van der Waals surface area contributed by atoms with Gasteiger partial charge in [-0.1, -0.05) is 11.6 Å². The molecule has 0 atom stereocenters. The van der Waals surface area contributed by atoms with Crippen LogP contribution in [0.3, 0.4) is 0 Å². The van der Waals surface area contributed by atoms with Crippen LogP contribution in [0.2, 0.25) is 5.02 Å². The van der Waals surface area contributed by atoms with Gasteiger partial charge in [-0.15, -0.1) is 0 Å². The van der Waals surface area contributed by atoms with Crippen LogP contribution in [0.5, 0.6) is 0 Å². The summed E-state index contributed by atoms with van der Waals surface area (Å²) in [6, 6.07) is 7.96. The van der Waals surface area contributed by atoms with Crippen LogP contribution in [0.15, 0.2) is 30.5 Å². The van der Waals surface area contributed by atoms with E-state index in [4.69, 9.17) is 23.8 Å². The Bertz CT molecular complexity index is 683. The van der Waals surface area contributed by atoms with E-state index in [1.807, 2.05) is 18.3 Å². The number of benzene rings is 1. The van der Waals surface area contributed by atoms with Gasteiger partial charge in [-0.2, -0.15) is 0 Å². The lowest BCUT2D eigenvalue weighted by molar-refractivity contribution is 0.381. The lowest BCUT2D eigenvalue weighted by atomic mass is 10.1. The molecule has 2 aromatic rings. The number of hydrogen-bond donors (Lipinski definition) is 1. The Labute approximate surface area is 141 Å². The molecule has 22 heavy (non-hydrogen) atoms. The number of halogens is 1. The van der Waals surface area contributed by atoms with Crippen molar-refractivity contribution in [1.82, 2.24) is 15.2 Å². The number of fused-ring (bicyclic) bond motifs is 1. The third kappa shape index (κ3) is 3.10. The van der Waals surface area contributed by atoms with Crippen molar-refractivity contribution in [3.8, 4) is 0 Å². The first-order valence-corrected chi connectivity index (χ1v) is 8.29. The molecule has 3 rings (SSSR count). The lowest BCUT2D eigenvalue weighted by Gasteiger charge is -2.37.